The number of ether oxygens (including phenoxy) is 1. The Morgan fingerprint density at radius 2 is 1.55 bits per heavy atom. The molecular formula is C38H31ClN4O6. The number of hydrogen-bond donors (Lipinski definition) is 1. The number of phenols is 1. The van der Waals surface area contributed by atoms with Gasteiger partial charge in [-0.15, -0.1) is 0 Å². The minimum atomic E-state index is -1.54. The molecule has 1 saturated carbocycles. The molecule has 3 aliphatic rings. The van der Waals surface area contributed by atoms with Crippen molar-refractivity contribution in [3.8, 4) is 17.2 Å². The molecule has 246 valence electrons. The molecule has 5 aromatic rings. The van der Waals surface area contributed by atoms with Gasteiger partial charge in [-0.2, -0.15) is 0 Å². The first-order valence-corrected chi connectivity index (χ1v) is 16.5. The topological polar surface area (TPSA) is 116 Å². The van der Waals surface area contributed by atoms with Crippen LogP contribution in [0.4, 0.5) is 5.69 Å². The molecular weight excluding hydrogens is 644 g/mol. The first-order valence-electron chi connectivity index (χ1n) is 16.1. The average molecular weight is 675 g/mol. The summed E-state index contributed by atoms with van der Waals surface area (Å²) in [5, 5.41) is 12.2. The number of aromatic hydroxyl groups is 1. The molecule has 10 nitrogen and oxygen atoms in total. The van der Waals surface area contributed by atoms with Crippen molar-refractivity contribution in [3.63, 3.8) is 0 Å². The van der Waals surface area contributed by atoms with E-state index in [0.29, 0.717) is 33.1 Å². The molecule has 1 saturated heterocycles. The fraction of sp³-hybridized carbons (Fsp3) is 0.211. The Hall–Kier alpha value is -5.61. The lowest BCUT2D eigenvalue weighted by Crippen LogP contribution is -2.53. The summed E-state index contributed by atoms with van der Waals surface area (Å²) in [6, 6.07) is 28.7. The van der Waals surface area contributed by atoms with Crippen LogP contribution in [-0.4, -0.2) is 37.5 Å². The average Bonchev–Trinajstić information content (AvgIpc) is 3.51. The number of carbonyl (C=O) groups is 2. The van der Waals surface area contributed by atoms with Gasteiger partial charge in [0.15, 0.2) is 11.5 Å². The van der Waals surface area contributed by atoms with E-state index < -0.39 is 46.5 Å². The summed E-state index contributed by atoms with van der Waals surface area (Å²) in [4.78, 5) is 59.4. The zero-order valence-electron chi connectivity index (χ0n) is 26.4. The van der Waals surface area contributed by atoms with Crippen LogP contribution in [0.3, 0.4) is 0 Å². The molecule has 4 unspecified atom stereocenters. The van der Waals surface area contributed by atoms with Crippen molar-refractivity contribution in [2.24, 2.45) is 5.92 Å². The minimum Gasteiger partial charge on any atom is -0.504 e. The lowest BCUT2D eigenvalue weighted by Gasteiger charge is -2.49. The third-order valence-corrected chi connectivity index (χ3v) is 10.3. The summed E-state index contributed by atoms with van der Waals surface area (Å²) in [6.45, 7) is 2.13. The van der Waals surface area contributed by atoms with Gasteiger partial charge in [-0.05, 0) is 60.9 Å². The maximum absolute atomic E-state index is 15.3. The van der Waals surface area contributed by atoms with Crippen molar-refractivity contribution >= 4 is 29.1 Å². The van der Waals surface area contributed by atoms with E-state index in [1.165, 1.54) is 14.3 Å². The number of para-hydroxylation sites is 2. The largest absolute Gasteiger partial charge is 0.504 e. The smallest absolute Gasteiger partial charge is 0.352 e. The quantitative estimate of drug-likeness (QED) is 0.192. The molecule has 1 aromatic heterocycles. The highest BCUT2D eigenvalue weighted by molar-refractivity contribution is 6.32. The number of allylic oxidation sites excluding steroid dienone is 2. The van der Waals surface area contributed by atoms with Crippen LogP contribution in [0.25, 0.3) is 5.69 Å². The van der Waals surface area contributed by atoms with Crippen molar-refractivity contribution in [2.45, 2.75) is 37.3 Å². The van der Waals surface area contributed by atoms with Crippen LogP contribution < -0.4 is 21.0 Å². The summed E-state index contributed by atoms with van der Waals surface area (Å²) in [7, 11) is 0. The molecule has 8 rings (SSSR count). The maximum atomic E-state index is 15.3. The number of anilines is 1. The van der Waals surface area contributed by atoms with Crippen molar-refractivity contribution in [3.05, 3.63) is 152 Å². The number of carbonyl (C=O) groups excluding carboxylic acids is 2. The number of amides is 2. The minimum absolute atomic E-state index is 0.0395. The molecule has 2 aliphatic heterocycles. The molecule has 0 spiro atoms. The summed E-state index contributed by atoms with van der Waals surface area (Å²) >= 11 is 6.38. The molecule has 2 fully saturated rings. The first-order chi connectivity index (χ1) is 23.8. The second-order valence-electron chi connectivity index (χ2n) is 12.4. The number of rotatable bonds is 6. The zero-order chi connectivity index (χ0) is 34.0. The van der Waals surface area contributed by atoms with Crippen molar-refractivity contribution < 1.29 is 19.4 Å². The van der Waals surface area contributed by atoms with Gasteiger partial charge in [-0.3, -0.25) is 9.59 Å². The molecule has 4 atom stereocenters. The number of imide groups is 1. The van der Waals surface area contributed by atoms with Gasteiger partial charge >= 0.3 is 11.4 Å². The zero-order valence-corrected chi connectivity index (χ0v) is 27.2. The number of nitrogens with zero attached hydrogens (tertiary/aromatic N) is 4. The lowest BCUT2D eigenvalue weighted by molar-refractivity contribution is -0.124. The van der Waals surface area contributed by atoms with E-state index in [1.54, 1.807) is 79.7 Å². The van der Waals surface area contributed by atoms with E-state index >= 15 is 4.79 Å². The molecule has 1 aliphatic carbocycles. The third-order valence-electron chi connectivity index (χ3n) is 10.1. The van der Waals surface area contributed by atoms with E-state index in [-0.39, 0.29) is 31.1 Å². The van der Waals surface area contributed by atoms with Gasteiger partial charge in [0.25, 0.3) is 0 Å². The van der Waals surface area contributed by atoms with Gasteiger partial charge in [-0.25, -0.2) is 28.4 Å². The van der Waals surface area contributed by atoms with Gasteiger partial charge in [-0.1, -0.05) is 84.4 Å². The number of aromatic nitrogens is 3. The fourth-order valence-electron chi connectivity index (χ4n) is 8.19. The summed E-state index contributed by atoms with van der Waals surface area (Å²) in [6.07, 6.45) is 1.90. The predicted octanol–water partition coefficient (Wildman–Crippen LogP) is 5.35. The van der Waals surface area contributed by atoms with E-state index in [9.17, 15) is 19.5 Å². The number of hydrogen-bond acceptors (Lipinski definition) is 6. The third kappa shape index (κ3) is 4.33. The number of benzene rings is 4. The van der Waals surface area contributed by atoms with Crippen LogP contribution in [0.15, 0.2) is 124 Å². The van der Waals surface area contributed by atoms with E-state index in [4.69, 9.17) is 16.3 Å². The molecule has 1 N–H and O–H groups in total. The van der Waals surface area contributed by atoms with Gasteiger partial charge in [0.2, 0.25) is 11.8 Å². The standard InChI is InChI=1S/C38H31ClN4O6/c1-2-49-31-18-10-17-28(33(31)44)32-27-19-20-40-36(47)42(25-14-7-4-8-15-25)37(48)43(40)30(27)22-29-34(45)41(26-16-9-13-24(39)21-26)35(46)38(29,32)23-11-5-3-6-12-23/h3-19,21,29-30,32,44H,2,20,22H2,1H3. The second kappa shape index (κ2) is 11.5. The van der Waals surface area contributed by atoms with Gasteiger partial charge in [0.1, 0.15) is 0 Å². The van der Waals surface area contributed by atoms with Crippen LogP contribution in [-0.2, 0) is 21.5 Å². The summed E-state index contributed by atoms with van der Waals surface area (Å²) in [5.74, 6) is -2.81. The monoisotopic (exact) mass is 674 g/mol. The lowest BCUT2D eigenvalue weighted by atomic mass is 9.53. The van der Waals surface area contributed by atoms with Gasteiger partial charge in [0.05, 0.1) is 41.9 Å². The first kappa shape index (κ1) is 30.7. The highest BCUT2D eigenvalue weighted by atomic mass is 35.5. The van der Waals surface area contributed by atoms with Crippen molar-refractivity contribution in [1.82, 2.24) is 13.9 Å². The normalized spacial score (nSPS) is 22.7. The molecule has 3 heterocycles. The molecule has 49 heavy (non-hydrogen) atoms. The Kier molecular flexibility index (Phi) is 7.22. The maximum Gasteiger partial charge on any atom is 0.352 e. The van der Waals surface area contributed by atoms with E-state index in [0.717, 1.165) is 4.57 Å². The van der Waals surface area contributed by atoms with Crippen LogP contribution in [0.1, 0.15) is 36.4 Å². The van der Waals surface area contributed by atoms with Crippen molar-refractivity contribution in [1.29, 1.82) is 0 Å². The highest BCUT2D eigenvalue weighted by Crippen LogP contribution is 2.63. The highest BCUT2D eigenvalue weighted by Gasteiger charge is 2.69. The van der Waals surface area contributed by atoms with Crippen LogP contribution in [0.2, 0.25) is 5.02 Å². The fourth-order valence-corrected chi connectivity index (χ4v) is 8.38. The van der Waals surface area contributed by atoms with Crippen LogP contribution >= 0.6 is 11.6 Å². The van der Waals surface area contributed by atoms with E-state index in [2.05, 4.69) is 0 Å². The number of phenolic OH excluding ortho intramolecular Hbond substituents is 1. The molecule has 0 radical (unpaired) electrons. The van der Waals surface area contributed by atoms with Gasteiger partial charge in [0, 0.05) is 16.5 Å². The summed E-state index contributed by atoms with van der Waals surface area (Å²) in [5.41, 5.74) is -0.279. The Balaban J connectivity index is 1.43. The number of halogens is 1. The Morgan fingerprint density at radius 1 is 0.857 bits per heavy atom. The van der Waals surface area contributed by atoms with Crippen molar-refractivity contribution in [2.75, 3.05) is 11.5 Å². The predicted molar refractivity (Wildman–Crippen MR) is 184 cm³/mol. The molecule has 4 aromatic carbocycles. The Labute approximate surface area is 285 Å². The second-order valence-corrected chi connectivity index (χ2v) is 12.9. The number of fused-ring (bicyclic) bond motifs is 4. The Morgan fingerprint density at radius 3 is 2.27 bits per heavy atom. The molecule has 0 bridgehead atoms. The van der Waals surface area contributed by atoms with Crippen LogP contribution in [0.5, 0.6) is 11.5 Å². The molecule has 11 heteroatoms. The van der Waals surface area contributed by atoms with Crippen LogP contribution in [0, 0.1) is 5.92 Å². The van der Waals surface area contributed by atoms with Gasteiger partial charge < -0.3 is 9.84 Å². The van der Waals surface area contributed by atoms with E-state index in [1.807, 2.05) is 36.4 Å². The Bertz CT molecular complexity index is 2290. The summed E-state index contributed by atoms with van der Waals surface area (Å²) < 4.78 is 9.71. The molecule has 2 amide bonds. The SMILES string of the molecule is CCOc1cccc(C2C3=CCn4c(=O)n(-c5ccccc5)c(=O)n4C3CC3C(=O)N(c4cccc(Cl)c4)C(=O)C32c2ccccc2)c1O.